The highest BCUT2D eigenvalue weighted by atomic mass is 79.9. The van der Waals surface area contributed by atoms with E-state index in [1.165, 1.54) is 0 Å². The highest BCUT2D eigenvalue weighted by Crippen LogP contribution is 2.17. The minimum atomic E-state index is 0.644. The zero-order valence-electron chi connectivity index (χ0n) is 7.53. The number of aldehydes is 1. The van der Waals surface area contributed by atoms with Gasteiger partial charge in [0.2, 0.25) is 0 Å². The number of hydrogen-bond acceptors (Lipinski definition) is 2. The van der Waals surface area contributed by atoms with Crippen molar-refractivity contribution in [1.29, 1.82) is 0 Å². The van der Waals surface area contributed by atoms with Crippen LogP contribution in [0.2, 0.25) is 0 Å². The highest BCUT2D eigenvalue weighted by Gasteiger charge is 1.97. The first-order valence-corrected chi connectivity index (χ1v) is 4.85. The summed E-state index contributed by atoms with van der Waals surface area (Å²) in [6.07, 6.45) is 6.02. The minimum Gasteiger partial charge on any atom is -0.368 e. The number of benzene rings is 1. The summed E-state index contributed by atoms with van der Waals surface area (Å²) in [6.45, 7) is 3.51. The van der Waals surface area contributed by atoms with Crippen LogP contribution in [-0.4, -0.2) is 6.29 Å². The first-order chi connectivity index (χ1) is 6.77. The first-order valence-electron chi connectivity index (χ1n) is 4.06. The Morgan fingerprint density at radius 3 is 2.86 bits per heavy atom. The Kier molecular flexibility index (Phi) is 4.13. The predicted octanol–water partition coefficient (Wildman–Crippen LogP) is 2.97. The lowest BCUT2D eigenvalue weighted by molar-refractivity contribution is 0.112. The van der Waals surface area contributed by atoms with Crippen LogP contribution >= 0.6 is 15.9 Å². The van der Waals surface area contributed by atoms with Gasteiger partial charge in [-0.3, -0.25) is 4.79 Å². The molecule has 0 heterocycles. The molecule has 0 aromatic heterocycles. The Morgan fingerprint density at radius 1 is 1.43 bits per heavy atom. The average Bonchev–Trinajstić information content (AvgIpc) is 2.21. The Hall–Kier alpha value is -1.35. The molecule has 2 nitrogen and oxygen atoms in total. The van der Waals surface area contributed by atoms with Crippen molar-refractivity contribution in [2.75, 3.05) is 0 Å². The lowest BCUT2D eigenvalue weighted by Crippen LogP contribution is -1.89. The van der Waals surface area contributed by atoms with Gasteiger partial charge in [0, 0.05) is 16.2 Å². The second-order valence-corrected chi connectivity index (χ2v) is 3.46. The zero-order valence-corrected chi connectivity index (χ0v) is 9.12. The molecule has 14 heavy (non-hydrogen) atoms. The molecule has 3 heteroatoms. The molecule has 0 saturated carbocycles. The number of carbonyl (C=O) groups is 1. The fourth-order valence-corrected chi connectivity index (χ4v) is 1.31. The molecule has 0 unspecified atom stereocenters. The zero-order chi connectivity index (χ0) is 10.4. The number of rotatable bonds is 4. The molecule has 0 fully saturated rings. The predicted molar refractivity (Wildman–Crippen MR) is 61.9 cm³/mol. The van der Waals surface area contributed by atoms with Crippen molar-refractivity contribution >= 4 is 28.3 Å². The van der Waals surface area contributed by atoms with Crippen molar-refractivity contribution in [1.82, 2.24) is 5.32 Å². The van der Waals surface area contributed by atoms with Crippen LogP contribution in [0.4, 0.5) is 0 Å². The molecule has 1 rings (SSSR count). The summed E-state index contributed by atoms with van der Waals surface area (Å²) < 4.78 is 0.807. The second kappa shape index (κ2) is 5.40. The van der Waals surface area contributed by atoms with Crippen LogP contribution in [0.3, 0.4) is 0 Å². The lowest BCUT2D eigenvalue weighted by atomic mass is 10.1. The Balaban J connectivity index is 2.89. The molecule has 1 aromatic carbocycles. The average molecular weight is 252 g/mol. The maximum atomic E-state index is 10.6. The summed E-state index contributed by atoms with van der Waals surface area (Å²) in [5.41, 5.74) is 1.61. The first kappa shape index (κ1) is 10.7. The summed E-state index contributed by atoms with van der Waals surface area (Å²) >= 11 is 3.29. The fraction of sp³-hybridized carbons (Fsp3) is 0. The molecule has 0 amide bonds. The third-order valence-electron chi connectivity index (χ3n) is 1.64. The van der Waals surface area contributed by atoms with E-state index in [1.807, 2.05) is 18.2 Å². The van der Waals surface area contributed by atoms with Gasteiger partial charge in [-0.1, -0.05) is 28.6 Å². The number of hydrogen-bond donors (Lipinski definition) is 1. The fourth-order valence-electron chi connectivity index (χ4n) is 0.969. The van der Waals surface area contributed by atoms with Crippen LogP contribution in [0.5, 0.6) is 0 Å². The van der Waals surface area contributed by atoms with E-state index in [9.17, 15) is 4.79 Å². The topological polar surface area (TPSA) is 29.1 Å². The van der Waals surface area contributed by atoms with Crippen molar-refractivity contribution in [3.63, 3.8) is 0 Å². The molecule has 0 radical (unpaired) electrons. The van der Waals surface area contributed by atoms with Crippen molar-refractivity contribution in [3.05, 3.63) is 52.8 Å². The normalized spacial score (nSPS) is 10.1. The van der Waals surface area contributed by atoms with Gasteiger partial charge in [0.15, 0.2) is 6.29 Å². The van der Waals surface area contributed by atoms with Gasteiger partial charge in [0.1, 0.15) is 0 Å². The van der Waals surface area contributed by atoms with Gasteiger partial charge >= 0.3 is 0 Å². The molecule has 72 valence electrons. The Labute approximate surface area is 91.5 Å². The van der Waals surface area contributed by atoms with Crippen LogP contribution < -0.4 is 5.32 Å². The third kappa shape index (κ3) is 2.85. The smallest absolute Gasteiger partial charge is 0.151 e. The van der Waals surface area contributed by atoms with E-state index < -0.39 is 0 Å². The third-order valence-corrected chi connectivity index (χ3v) is 2.36. The van der Waals surface area contributed by atoms with Crippen LogP contribution in [0.25, 0.3) is 6.08 Å². The maximum absolute atomic E-state index is 10.6. The second-order valence-electron chi connectivity index (χ2n) is 2.60. The van der Waals surface area contributed by atoms with Crippen molar-refractivity contribution < 1.29 is 4.79 Å². The summed E-state index contributed by atoms with van der Waals surface area (Å²) in [5.74, 6) is 0. The van der Waals surface area contributed by atoms with E-state index >= 15 is 0 Å². The van der Waals surface area contributed by atoms with Crippen LogP contribution in [0.15, 0.2) is 41.7 Å². The number of carbonyl (C=O) groups excluding carboxylic acids is 1. The molecule has 0 aliphatic heterocycles. The van der Waals surface area contributed by atoms with E-state index in [1.54, 1.807) is 18.5 Å². The van der Waals surface area contributed by atoms with Gasteiger partial charge in [-0.15, -0.1) is 0 Å². The SMILES string of the molecule is C=CN/C=C/c1ccc(Br)c(C=O)c1. The molecule has 1 N–H and O–H groups in total. The molecule has 0 aliphatic rings. The molecular weight excluding hydrogens is 242 g/mol. The monoisotopic (exact) mass is 251 g/mol. The van der Waals surface area contributed by atoms with E-state index in [0.29, 0.717) is 5.56 Å². The van der Waals surface area contributed by atoms with Gasteiger partial charge in [-0.25, -0.2) is 0 Å². The molecule has 0 aliphatic carbocycles. The van der Waals surface area contributed by atoms with Crippen LogP contribution in [0.1, 0.15) is 15.9 Å². The summed E-state index contributed by atoms with van der Waals surface area (Å²) in [6, 6.07) is 5.56. The number of nitrogens with one attached hydrogen (secondary N) is 1. The Bertz CT molecular complexity index is 372. The molecule has 1 aromatic rings. The summed E-state index contributed by atoms with van der Waals surface area (Å²) in [5, 5.41) is 2.83. The molecule has 0 saturated heterocycles. The number of halogens is 1. The maximum Gasteiger partial charge on any atom is 0.151 e. The molecule has 0 spiro atoms. The van der Waals surface area contributed by atoms with E-state index in [0.717, 1.165) is 16.3 Å². The quantitative estimate of drug-likeness (QED) is 0.834. The van der Waals surface area contributed by atoms with Crippen molar-refractivity contribution in [2.45, 2.75) is 0 Å². The summed E-state index contributed by atoms with van der Waals surface area (Å²) in [7, 11) is 0. The van der Waals surface area contributed by atoms with Gasteiger partial charge in [-0.05, 0) is 30.0 Å². The van der Waals surface area contributed by atoms with Gasteiger partial charge < -0.3 is 5.32 Å². The Morgan fingerprint density at radius 2 is 2.21 bits per heavy atom. The highest BCUT2D eigenvalue weighted by molar-refractivity contribution is 9.10. The van der Waals surface area contributed by atoms with E-state index in [4.69, 9.17) is 0 Å². The minimum absolute atomic E-state index is 0.644. The van der Waals surface area contributed by atoms with E-state index in [-0.39, 0.29) is 0 Å². The van der Waals surface area contributed by atoms with E-state index in [2.05, 4.69) is 27.8 Å². The molecule has 0 atom stereocenters. The van der Waals surface area contributed by atoms with Crippen LogP contribution in [-0.2, 0) is 0 Å². The van der Waals surface area contributed by atoms with Crippen molar-refractivity contribution in [2.24, 2.45) is 0 Å². The lowest BCUT2D eigenvalue weighted by Gasteiger charge is -1.98. The van der Waals surface area contributed by atoms with Gasteiger partial charge in [-0.2, -0.15) is 0 Å². The standard InChI is InChI=1S/C11H10BrNO/c1-2-13-6-5-9-3-4-11(12)10(7-9)8-14/h2-8,13H,1H2/b6-5+. The van der Waals surface area contributed by atoms with Gasteiger partial charge in [0.25, 0.3) is 0 Å². The molecule has 0 bridgehead atoms. The van der Waals surface area contributed by atoms with Crippen LogP contribution in [0, 0.1) is 0 Å². The summed E-state index contributed by atoms with van der Waals surface area (Å²) in [4.78, 5) is 10.6. The largest absolute Gasteiger partial charge is 0.368 e. The van der Waals surface area contributed by atoms with Gasteiger partial charge in [0.05, 0.1) is 0 Å². The van der Waals surface area contributed by atoms with Crippen molar-refractivity contribution in [3.8, 4) is 0 Å². The molecular formula is C11H10BrNO.